The molecule has 1 N–H and O–H groups in total. The average Bonchev–Trinajstić information content (AvgIpc) is 3.08. The lowest BCUT2D eigenvalue weighted by atomic mass is 10.2. The summed E-state index contributed by atoms with van der Waals surface area (Å²) in [5, 5.41) is 14.4. The molecule has 144 valence electrons. The molecule has 1 aromatic heterocycles. The van der Waals surface area contributed by atoms with E-state index in [4.69, 9.17) is 4.74 Å². The second-order valence-electron chi connectivity index (χ2n) is 6.07. The predicted octanol–water partition coefficient (Wildman–Crippen LogP) is 4.01. The number of nitrogens with one attached hydrogen (secondary N) is 1. The molecule has 1 heterocycles. The molecule has 28 heavy (non-hydrogen) atoms. The largest absolute Gasteiger partial charge is 0.497 e. The molecule has 0 aliphatic heterocycles. The van der Waals surface area contributed by atoms with Gasteiger partial charge < -0.3 is 10.1 Å². The van der Waals surface area contributed by atoms with Crippen molar-refractivity contribution in [1.29, 1.82) is 0 Å². The molecule has 0 spiro atoms. The average molecular weight is 397 g/mol. The standard InChI is InChI=1S/C20H19N3O4S/c1-13-18(28-20(22-13)15-5-9-17(27-2)10-6-15)11-12-21-19(24)14-3-7-16(8-4-14)23(25)26/h3-10H,11-12H2,1-2H3,(H,21,24). The van der Waals surface area contributed by atoms with Gasteiger partial charge in [0.1, 0.15) is 10.8 Å². The van der Waals surface area contributed by atoms with Gasteiger partial charge in [-0.3, -0.25) is 14.9 Å². The minimum Gasteiger partial charge on any atom is -0.497 e. The maximum Gasteiger partial charge on any atom is 0.269 e. The van der Waals surface area contributed by atoms with E-state index in [0.717, 1.165) is 26.9 Å². The van der Waals surface area contributed by atoms with Gasteiger partial charge in [0.05, 0.1) is 17.7 Å². The van der Waals surface area contributed by atoms with Crippen LogP contribution in [-0.2, 0) is 6.42 Å². The Morgan fingerprint density at radius 2 is 1.86 bits per heavy atom. The minimum absolute atomic E-state index is 0.0390. The van der Waals surface area contributed by atoms with Crippen LogP contribution in [0.15, 0.2) is 48.5 Å². The Balaban J connectivity index is 1.59. The first-order chi connectivity index (χ1) is 13.5. The van der Waals surface area contributed by atoms with Crippen LogP contribution >= 0.6 is 11.3 Å². The number of thiazole rings is 1. The third-order valence-corrected chi connectivity index (χ3v) is 5.47. The van der Waals surface area contributed by atoms with Crippen molar-refractivity contribution in [2.24, 2.45) is 0 Å². The first kappa shape index (κ1) is 19.5. The lowest BCUT2D eigenvalue weighted by Crippen LogP contribution is -2.25. The van der Waals surface area contributed by atoms with Gasteiger partial charge in [-0.15, -0.1) is 11.3 Å². The second-order valence-corrected chi connectivity index (χ2v) is 7.15. The first-order valence-corrected chi connectivity index (χ1v) is 9.43. The zero-order valence-corrected chi connectivity index (χ0v) is 16.3. The fraction of sp³-hybridized carbons (Fsp3) is 0.200. The maximum atomic E-state index is 12.2. The van der Waals surface area contributed by atoms with Crippen molar-refractivity contribution < 1.29 is 14.5 Å². The van der Waals surface area contributed by atoms with Crippen LogP contribution in [-0.4, -0.2) is 29.5 Å². The molecule has 1 amide bonds. The van der Waals surface area contributed by atoms with Gasteiger partial charge in [-0.25, -0.2) is 4.98 Å². The molecule has 0 radical (unpaired) electrons. The summed E-state index contributed by atoms with van der Waals surface area (Å²) >= 11 is 1.60. The minimum atomic E-state index is -0.491. The van der Waals surface area contributed by atoms with Gasteiger partial charge in [-0.1, -0.05) is 0 Å². The Labute approximate surface area is 166 Å². The third-order valence-electron chi connectivity index (χ3n) is 4.21. The highest BCUT2D eigenvalue weighted by molar-refractivity contribution is 7.15. The molecule has 2 aromatic carbocycles. The quantitative estimate of drug-likeness (QED) is 0.480. The monoisotopic (exact) mass is 397 g/mol. The van der Waals surface area contributed by atoms with E-state index >= 15 is 0 Å². The number of hydrogen-bond donors (Lipinski definition) is 1. The molecule has 0 bridgehead atoms. The zero-order chi connectivity index (χ0) is 20.1. The number of rotatable bonds is 7. The first-order valence-electron chi connectivity index (χ1n) is 8.61. The number of ether oxygens (including phenoxy) is 1. The van der Waals surface area contributed by atoms with Crippen molar-refractivity contribution >= 4 is 22.9 Å². The highest BCUT2D eigenvalue weighted by Crippen LogP contribution is 2.29. The fourth-order valence-corrected chi connectivity index (χ4v) is 3.71. The van der Waals surface area contributed by atoms with Gasteiger partial charge in [0.25, 0.3) is 11.6 Å². The highest BCUT2D eigenvalue weighted by Gasteiger charge is 2.12. The zero-order valence-electron chi connectivity index (χ0n) is 15.5. The van der Waals surface area contributed by atoms with Crippen LogP contribution in [0.3, 0.4) is 0 Å². The topological polar surface area (TPSA) is 94.4 Å². The number of hydrogen-bond acceptors (Lipinski definition) is 6. The number of amides is 1. The summed E-state index contributed by atoms with van der Waals surface area (Å²) < 4.78 is 5.17. The molecule has 0 fully saturated rings. The molecule has 0 unspecified atom stereocenters. The van der Waals surface area contributed by atoms with Crippen LogP contribution in [0.2, 0.25) is 0 Å². The Morgan fingerprint density at radius 1 is 1.18 bits per heavy atom. The number of non-ortho nitro benzene ring substituents is 1. The van der Waals surface area contributed by atoms with E-state index in [1.807, 2.05) is 31.2 Å². The molecule has 0 aliphatic rings. The predicted molar refractivity (Wildman–Crippen MR) is 108 cm³/mol. The van der Waals surface area contributed by atoms with Crippen molar-refractivity contribution in [2.75, 3.05) is 13.7 Å². The van der Waals surface area contributed by atoms with E-state index in [1.54, 1.807) is 18.4 Å². The SMILES string of the molecule is COc1ccc(-c2nc(C)c(CCNC(=O)c3ccc([N+](=O)[O-])cc3)s2)cc1. The van der Waals surface area contributed by atoms with Crippen molar-refractivity contribution in [1.82, 2.24) is 10.3 Å². The van der Waals surface area contributed by atoms with Crippen LogP contribution in [0.5, 0.6) is 5.75 Å². The lowest BCUT2D eigenvalue weighted by molar-refractivity contribution is -0.384. The van der Waals surface area contributed by atoms with Crippen molar-refractivity contribution in [3.05, 3.63) is 74.8 Å². The van der Waals surface area contributed by atoms with Crippen LogP contribution < -0.4 is 10.1 Å². The van der Waals surface area contributed by atoms with Crippen molar-refractivity contribution in [3.63, 3.8) is 0 Å². The summed E-state index contributed by atoms with van der Waals surface area (Å²) in [7, 11) is 1.63. The summed E-state index contributed by atoms with van der Waals surface area (Å²) in [6, 6.07) is 13.3. The summed E-state index contributed by atoms with van der Waals surface area (Å²) in [6.45, 7) is 2.41. The highest BCUT2D eigenvalue weighted by atomic mass is 32.1. The molecule has 7 nitrogen and oxygen atoms in total. The number of nitro groups is 1. The molecule has 3 rings (SSSR count). The number of aryl methyl sites for hydroxylation is 1. The lowest BCUT2D eigenvalue weighted by Gasteiger charge is -2.04. The number of benzene rings is 2. The van der Waals surface area contributed by atoms with E-state index in [2.05, 4.69) is 10.3 Å². The smallest absolute Gasteiger partial charge is 0.269 e. The molecular formula is C20H19N3O4S. The number of aromatic nitrogens is 1. The summed E-state index contributed by atoms with van der Waals surface area (Å²) in [5.74, 6) is 0.540. The van der Waals surface area contributed by atoms with Gasteiger partial charge in [0, 0.05) is 41.1 Å². The number of carbonyl (C=O) groups is 1. The van der Waals surface area contributed by atoms with E-state index in [-0.39, 0.29) is 11.6 Å². The van der Waals surface area contributed by atoms with Crippen molar-refractivity contribution in [2.45, 2.75) is 13.3 Å². The van der Waals surface area contributed by atoms with E-state index in [9.17, 15) is 14.9 Å². The molecular weight excluding hydrogens is 378 g/mol. The molecule has 0 atom stereocenters. The van der Waals surface area contributed by atoms with Gasteiger partial charge in [0.2, 0.25) is 0 Å². The number of methoxy groups -OCH3 is 1. The Morgan fingerprint density at radius 3 is 2.46 bits per heavy atom. The molecule has 0 aliphatic carbocycles. The molecule has 8 heteroatoms. The fourth-order valence-electron chi connectivity index (χ4n) is 2.64. The number of nitro benzene ring substituents is 1. The van der Waals surface area contributed by atoms with Gasteiger partial charge in [0.15, 0.2) is 0 Å². The Kier molecular flexibility index (Phi) is 6.00. The van der Waals surface area contributed by atoms with Gasteiger partial charge in [-0.05, 0) is 43.3 Å². The second kappa shape index (κ2) is 8.62. The number of nitrogens with zero attached hydrogens (tertiary/aromatic N) is 2. The normalized spacial score (nSPS) is 10.5. The molecule has 0 saturated carbocycles. The van der Waals surface area contributed by atoms with Crippen LogP contribution in [0, 0.1) is 17.0 Å². The Hall–Kier alpha value is -3.26. The van der Waals surface area contributed by atoms with Crippen LogP contribution in [0.1, 0.15) is 20.9 Å². The van der Waals surface area contributed by atoms with Gasteiger partial charge in [-0.2, -0.15) is 0 Å². The van der Waals surface area contributed by atoms with E-state index < -0.39 is 4.92 Å². The van der Waals surface area contributed by atoms with Crippen LogP contribution in [0.25, 0.3) is 10.6 Å². The van der Waals surface area contributed by atoms with E-state index in [0.29, 0.717) is 18.5 Å². The molecule has 0 saturated heterocycles. The molecule has 3 aromatic rings. The van der Waals surface area contributed by atoms with Crippen molar-refractivity contribution in [3.8, 4) is 16.3 Å². The van der Waals surface area contributed by atoms with Crippen LogP contribution in [0.4, 0.5) is 5.69 Å². The summed E-state index contributed by atoms with van der Waals surface area (Å²) in [4.78, 5) is 28.1. The van der Waals surface area contributed by atoms with Gasteiger partial charge >= 0.3 is 0 Å². The Bertz CT molecular complexity index is 982. The van der Waals surface area contributed by atoms with E-state index in [1.165, 1.54) is 24.3 Å². The summed E-state index contributed by atoms with van der Waals surface area (Å²) in [6.07, 6.45) is 0.665. The number of carbonyl (C=O) groups excluding carboxylic acids is 1. The summed E-state index contributed by atoms with van der Waals surface area (Å²) in [5.41, 5.74) is 2.32. The maximum absolute atomic E-state index is 12.2. The third kappa shape index (κ3) is 4.52.